The zero-order valence-corrected chi connectivity index (χ0v) is 17.1. The van der Waals surface area contributed by atoms with E-state index in [4.69, 9.17) is 4.74 Å². The molecule has 2 amide bonds. The molecule has 1 aromatic rings. The van der Waals surface area contributed by atoms with Gasteiger partial charge in [0, 0.05) is 24.8 Å². The minimum Gasteiger partial charge on any atom is -0.450 e. The molecule has 7 nitrogen and oxygen atoms in total. The van der Waals surface area contributed by atoms with Crippen LogP contribution in [0.25, 0.3) is 0 Å². The average molecular weight is 390 g/mol. The van der Waals surface area contributed by atoms with Gasteiger partial charge in [-0.05, 0) is 38.3 Å². The molecule has 2 aliphatic rings. The molecule has 2 aliphatic heterocycles. The third-order valence-electron chi connectivity index (χ3n) is 5.72. The molecule has 28 heavy (non-hydrogen) atoms. The van der Waals surface area contributed by atoms with Crippen molar-refractivity contribution >= 4 is 17.7 Å². The summed E-state index contributed by atoms with van der Waals surface area (Å²) in [6.45, 7) is 10.1. The maximum absolute atomic E-state index is 12.5. The summed E-state index contributed by atoms with van der Waals surface area (Å²) in [7, 11) is 0. The number of anilines is 1. The second kappa shape index (κ2) is 9.78. The van der Waals surface area contributed by atoms with Crippen LogP contribution in [0.1, 0.15) is 25.3 Å². The number of piperidine rings is 1. The van der Waals surface area contributed by atoms with Crippen LogP contribution in [-0.2, 0) is 9.53 Å². The van der Waals surface area contributed by atoms with Crippen LogP contribution in [0, 0.1) is 6.92 Å². The zero-order valence-electron chi connectivity index (χ0n) is 17.1. The summed E-state index contributed by atoms with van der Waals surface area (Å²) >= 11 is 0. The van der Waals surface area contributed by atoms with E-state index < -0.39 is 0 Å². The molecule has 0 saturated carbocycles. The number of para-hydroxylation sites is 1. The number of piperazine rings is 1. The lowest BCUT2D eigenvalue weighted by atomic mass is 10.1. The summed E-state index contributed by atoms with van der Waals surface area (Å²) in [4.78, 5) is 29.7. The van der Waals surface area contributed by atoms with Gasteiger partial charge in [0.15, 0.2) is 6.54 Å². The molecule has 0 aliphatic carbocycles. The molecule has 0 radical (unpaired) electrons. The zero-order chi connectivity index (χ0) is 19.9. The Labute approximate surface area is 167 Å². The minimum absolute atomic E-state index is 0.119. The summed E-state index contributed by atoms with van der Waals surface area (Å²) in [6.07, 6.45) is 1.34. The number of carbonyl (C=O) groups is 2. The third-order valence-corrected chi connectivity index (χ3v) is 5.72. The average Bonchev–Trinajstić information content (AvgIpc) is 2.70. The second-order valence-corrected chi connectivity index (χ2v) is 7.73. The highest BCUT2D eigenvalue weighted by atomic mass is 16.6. The molecule has 0 aromatic heterocycles. The number of amides is 2. The van der Waals surface area contributed by atoms with Crippen LogP contribution in [-0.4, -0.2) is 75.4 Å². The SMILES string of the molecule is CCOC(=O)N1CCC(NC(=O)C[NH+]2CCN(c3ccccc3C)CC2)CC1. The predicted molar refractivity (Wildman–Crippen MR) is 109 cm³/mol. The lowest BCUT2D eigenvalue weighted by Gasteiger charge is -2.35. The second-order valence-electron chi connectivity index (χ2n) is 7.73. The van der Waals surface area contributed by atoms with Crippen molar-refractivity contribution in [1.82, 2.24) is 10.2 Å². The lowest BCUT2D eigenvalue weighted by molar-refractivity contribution is -0.892. The Bertz CT molecular complexity index is 665. The molecular formula is C21H33N4O3+. The van der Waals surface area contributed by atoms with E-state index in [0.29, 0.717) is 26.2 Å². The summed E-state index contributed by atoms with van der Waals surface area (Å²) < 4.78 is 5.04. The lowest BCUT2D eigenvalue weighted by Crippen LogP contribution is -3.16. The Morgan fingerprint density at radius 2 is 1.82 bits per heavy atom. The van der Waals surface area contributed by atoms with Gasteiger partial charge in [-0.15, -0.1) is 0 Å². The molecule has 0 atom stereocenters. The Balaban J connectivity index is 1.37. The number of nitrogens with zero attached hydrogens (tertiary/aromatic N) is 2. The molecule has 0 bridgehead atoms. The number of ether oxygens (including phenoxy) is 1. The quantitative estimate of drug-likeness (QED) is 0.767. The van der Waals surface area contributed by atoms with E-state index in [1.165, 1.54) is 16.2 Å². The van der Waals surface area contributed by atoms with E-state index in [1.807, 2.05) is 6.92 Å². The van der Waals surface area contributed by atoms with Gasteiger partial charge in [-0.2, -0.15) is 0 Å². The number of hydrogen-bond donors (Lipinski definition) is 2. The van der Waals surface area contributed by atoms with E-state index in [9.17, 15) is 9.59 Å². The van der Waals surface area contributed by atoms with Crippen LogP contribution in [0.5, 0.6) is 0 Å². The normalized spacial score (nSPS) is 18.8. The number of carbonyl (C=O) groups excluding carboxylic acids is 2. The molecule has 0 spiro atoms. The first-order chi connectivity index (χ1) is 13.6. The molecule has 2 N–H and O–H groups in total. The molecule has 2 fully saturated rings. The molecule has 1 aromatic carbocycles. The number of likely N-dealkylation sites (tertiary alicyclic amines) is 1. The van der Waals surface area contributed by atoms with Crippen LogP contribution >= 0.6 is 0 Å². The van der Waals surface area contributed by atoms with Gasteiger partial charge in [0.1, 0.15) is 0 Å². The van der Waals surface area contributed by atoms with E-state index >= 15 is 0 Å². The maximum atomic E-state index is 12.5. The fraction of sp³-hybridized carbons (Fsp3) is 0.619. The van der Waals surface area contributed by atoms with Crippen molar-refractivity contribution in [3.8, 4) is 0 Å². The molecule has 2 saturated heterocycles. The van der Waals surface area contributed by atoms with E-state index in [0.717, 1.165) is 39.0 Å². The minimum atomic E-state index is -0.247. The number of aryl methyl sites for hydroxylation is 1. The Hall–Kier alpha value is -2.28. The first-order valence-electron chi connectivity index (χ1n) is 10.4. The van der Waals surface area contributed by atoms with Crippen LogP contribution in [0.15, 0.2) is 24.3 Å². The predicted octanol–water partition coefficient (Wildman–Crippen LogP) is 0.437. The van der Waals surface area contributed by atoms with Gasteiger partial charge in [0.2, 0.25) is 0 Å². The molecule has 0 unspecified atom stereocenters. The number of nitrogens with one attached hydrogen (secondary N) is 2. The van der Waals surface area contributed by atoms with Crippen molar-refractivity contribution in [3.63, 3.8) is 0 Å². The van der Waals surface area contributed by atoms with Crippen LogP contribution < -0.4 is 15.1 Å². The van der Waals surface area contributed by atoms with Gasteiger partial charge in [0.25, 0.3) is 5.91 Å². The highest BCUT2D eigenvalue weighted by Crippen LogP contribution is 2.18. The Morgan fingerprint density at radius 3 is 2.46 bits per heavy atom. The molecule has 7 heteroatoms. The molecule has 154 valence electrons. The fourth-order valence-electron chi connectivity index (χ4n) is 4.09. The highest BCUT2D eigenvalue weighted by molar-refractivity contribution is 5.77. The van der Waals surface area contributed by atoms with Gasteiger partial charge < -0.3 is 24.8 Å². The van der Waals surface area contributed by atoms with E-state index in [2.05, 4.69) is 41.4 Å². The monoisotopic (exact) mass is 389 g/mol. The van der Waals surface area contributed by atoms with Crippen molar-refractivity contribution in [2.45, 2.75) is 32.7 Å². The fourth-order valence-corrected chi connectivity index (χ4v) is 4.09. The van der Waals surface area contributed by atoms with Gasteiger partial charge in [-0.1, -0.05) is 18.2 Å². The highest BCUT2D eigenvalue weighted by Gasteiger charge is 2.27. The van der Waals surface area contributed by atoms with E-state index in [-0.39, 0.29) is 18.0 Å². The van der Waals surface area contributed by atoms with E-state index in [1.54, 1.807) is 4.90 Å². The van der Waals surface area contributed by atoms with Crippen LogP contribution in [0.3, 0.4) is 0 Å². The van der Waals surface area contributed by atoms with Crippen molar-refractivity contribution in [2.75, 3.05) is 57.3 Å². The largest absolute Gasteiger partial charge is 0.450 e. The van der Waals surface area contributed by atoms with Crippen molar-refractivity contribution in [2.24, 2.45) is 0 Å². The van der Waals surface area contributed by atoms with Crippen molar-refractivity contribution < 1.29 is 19.2 Å². The maximum Gasteiger partial charge on any atom is 0.409 e. The van der Waals surface area contributed by atoms with Crippen LogP contribution in [0.2, 0.25) is 0 Å². The Kier molecular flexibility index (Phi) is 7.14. The summed E-state index contributed by atoms with van der Waals surface area (Å²) in [5.74, 6) is 0.119. The first-order valence-corrected chi connectivity index (χ1v) is 10.4. The molecule has 2 heterocycles. The molecule has 3 rings (SSSR count). The summed E-state index contributed by atoms with van der Waals surface area (Å²) in [5, 5.41) is 3.16. The number of quaternary nitrogens is 1. The third kappa shape index (κ3) is 5.38. The van der Waals surface area contributed by atoms with Crippen LogP contribution in [0.4, 0.5) is 10.5 Å². The smallest absolute Gasteiger partial charge is 0.409 e. The Morgan fingerprint density at radius 1 is 1.14 bits per heavy atom. The number of hydrogen-bond acceptors (Lipinski definition) is 4. The summed E-state index contributed by atoms with van der Waals surface area (Å²) in [5.41, 5.74) is 2.61. The number of rotatable bonds is 5. The van der Waals surface area contributed by atoms with Crippen molar-refractivity contribution in [3.05, 3.63) is 29.8 Å². The molecular weight excluding hydrogens is 356 g/mol. The first kappa shape index (κ1) is 20.5. The van der Waals surface area contributed by atoms with Gasteiger partial charge >= 0.3 is 6.09 Å². The van der Waals surface area contributed by atoms with Gasteiger partial charge in [0.05, 0.1) is 32.8 Å². The standard InChI is InChI=1S/C21H32N4O3/c1-3-28-21(27)25-10-8-18(9-11-25)22-20(26)16-23-12-14-24(15-13-23)19-7-5-4-6-17(19)2/h4-7,18H,3,8-16H2,1-2H3,(H,22,26)/p+1. The van der Waals surface area contributed by atoms with Crippen molar-refractivity contribution in [1.29, 1.82) is 0 Å². The topological polar surface area (TPSA) is 66.3 Å². The number of benzene rings is 1. The van der Waals surface area contributed by atoms with Gasteiger partial charge in [-0.3, -0.25) is 4.79 Å². The summed E-state index contributed by atoms with van der Waals surface area (Å²) in [6, 6.07) is 8.64. The van der Waals surface area contributed by atoms with Gasteiger partial charge in [-0.25, -0.2) is 4.79 Å².